The van der Waals surface area contributed by atoms with Crippen LogP contribution < -0.4 is 10.9 Å². The lowest BCUT2D eigenvalue weighted by atomic mass is 10.1. The van der Waals surface area contributed by atoms with Crippen molar-refractivity contribution in [2.24, 2.45) is 14.1 Å². The Bertz CT molecular complexity index is 1380. The van der Waals surface area contributed by atoms with Crippen molar-refractivity contribution in [2.75, 3.05) is 11.1 Å². The highest BCUT2D eigenvalue weighted by Gasteiger charge is 2.14. The van der Waals surface area contributed by atoms with Crippen LogP contribution in [0.15, 0.2) is 64.4 Å². The maximum absolute atomic E-state index is 12.4. The van der Waals surface area contributed by atoms with Crippen molar-refractivity contribution in [2.45, 2.75) is 11.4 Å². The van der Waals surface area contributed by atoms with Gasteiger partial charge in [0.1, 0.15) is 0 Å². The van der Waals surface area contributed by atoms with Crippen molar-refractivity contribution in [3.63, 3.8) is 0 Å². The van der Waals surface area contributed by atoms with Crippen molar-refractivity contribution in [1.82, 2.24) is 14.3 Å². The second-order valence-electron chi connectivity index (χ2n) is 7.28. The summed E-state index contributed by atoms with van der Waals surface area (Å²) in [5, 5.41) is 10.7. The van der Waals surface area contributed by atoms with Gasteiger partial charge in [0.2, 0.25) is 5.91 Å². The fourth-order valence-corrected chi connectivity index (χ4v) is 4.73. The summed E-state index contributed by atoms with van der Waals surface area (Å²) in [6, 6.07) is 16.4. The van der Waals surface area contributed by atoms with Gasteiger partial charge in [0, 0.05) is 36.6 Å². The van der Waals surface area contributed by atoms with E-state index in [1.54, 1.807) is 25.2 Å². The number of hydrogen-bond acceptors (Lipinski definition) is 4. The van der Waals surface area contributed by atoms with Gasteiger partial charge in [-0.25, -0.2) is 4.68 Å². The van der Waals surface area contributed by atoms with E-state index in [-0.39, 0.29) is 17.2 Å². The molecule has 0 saturated heterocycles. The highest BCUT2D eigenvalue weighted by Crippen LogP contribution is 2.27. The number of aromatic nitrogens is 3. The minimum absolute atomic E-state index is 0.112. The minimum Gasteiger partial charge on any atom is -0.343 e. The Kier molecular flexibility index (Phi) is 6.60. The van der Waals surface area contributed by atoms with Crippen molar-refractivity contribution in [1.29, 1.82) is 0 Å². The molecule has 0 bridgehead atoms. The van der Waals surface area contributed by atoms with Crippen LogP contribution in [0.1, 0.15) is 11.4 Å². The predicted molar refractivity (Wildman–Crippen MR) is 131 cm³/mol. The summed E-state index contributed by atoms with van der Waals surface area (Å²) in [6.07, 6.45) is 0.568. The number of thioether (sulfide) groups is 1. The molecular formula is C23H20Cl2N4O2S. The molecule has 0 aliphatic rings. The minimum atomic E-state index is -0.160. The van der Waals surface area contributed by atoms with Crippen LogP contribution in [0.5, 0.6) is 0 Å². The first-order valence-corrected chi connectivity index (χ1v) is 11.5. The van der Waals surface area contributed by atoms with Gasteiger partial charge in [-0.2, -0.15) is 5.10 Å². The fraction of sp³-hybridized carbons (Fsp3) is 0.174. The summed E-state index contributed by atoms with van der Waals surface area (Å²) < 4.78 is 3.41. The quantitative estimate of drug-likeness (QED) is 0.393. The molecule has 0 aliphatic heterocycles. The molecule has 32 heavy (non-hydrogen) atoms. The highest BCUT2D eigenvalue weighted by atomic mass is 35.5. The molecule has 9 heteroatoms. The van der Waals surface area contributed by atoms with E-state index >= 15 is 0 Å². The first-order chi connectivity index (χ1) is 15.3. The van der Waals surface area contributed by atoms with Gasteiger partial charge < -0.3 is 9.88 Å². The molecule has 2 aromatic heterocycles. The number of halogens is 2. The Hall–Kier alpha value is -2.74. The lowest BCUT2D eigenvalue weighted by Gasteiger charge is -2.11. The number of benzene rings is 2. The number of anilines is 1. The van der Waals surface area contributed by atoms with Gasteiger partial charge in [-0.05, 0) is 36.4 Å². The number of carbonyl (C=O) groups excluding carboxylic acids is 1. The Morgan fingerprint density at radius 2 is 1.81 bits per heavy atom. The number of fused-ring (bicyclic) bond motifs is 1. The number of nitrogens with zero attached hydrogens (tertiary/aromatic N) is 3. The third-order valence-electron chi connectivity index (χ3n) is 5.12. The monoisotopic (exact) mass is 486 g/mol. The standard InChI is InChI=1S/C23H20Cl2N4O2S/c1-28-15(12-20-16-5-3-4-6-17(16)23(31)29(2)27-20)8-10-22(28)32-13-21(30)26-19-9-7-14(24)11-18(19)25/h3-11H,12-13H2,1-2H3,(H,26,30). The van der Waals surface area contributed by atoms with E-state index < -0.39 is 0 Å². The molecule has 4 rings (SSSR count). The van der Waals surface area contributed by atoms with E-state index in [0.29, 0.717) is 27.5 Å². The maximum Gasteiger partial charge on any atom is 0.274 e. The summed E-state index contributed by atoms with van der Waals surface area (Å²) in [5.74, 6) is 0.0739. The third kappa shape index (κ3) is 4.70. The summed E-state index contributed by atoms with van der Waals surface area (Å²) in [7, 11) is 3.62. The van der Waals surface area contributed by atoms with Crippen molar-refractivity contribution in [3.05, 3.63) is 86.4 Å². The highest BCUT2D eigenvalue weighted by molar-refractivity contribution is 7.99. The number of hydrogen-bond donors (Lipinski definition) is 1. The Balaban J connectivity index is 1.47. The van der Waals surface area contributed by atoms with Crippen LogP contribution in [0.3, 0.4) is 0 Å². The van der Waals surface area contributed by atoms with Gasteiger partial charge in [-0.3, -0.25) is 9.59 Å². The average molecular weight is 487 g/mol. The van der Waals surface area contributed by atoms with E-state index in [2.05, 4.69) is 10.4 Å². The third-order valence-corrected chi connectivity index (χ3v) is 6.78. The van der Waals surface area contributed by atoms with Gasteiger partial charge in [0.15, 0.2) is 0 Å². The first kappa shape index (κ1) is 22.5. The van der Waals surface area contributed by atoms with Crippen LogP contribution in [0.2, 0.25) is 10.0 Å². The van der Waals surface area contributed by atoms with Gasteiger partial charge in [0.05, 0.1) is 32.6 Å². The molecule has 0 saturated carbocycles. The normalized spacial score (nSPS) is 11.1. The zero-order valence-corrected chi connectivity index (χ0v) is 19.8. The largest absolute Gasteiger partial charge is 0.343 e. The first-order valence-electron chi connectivity index (χ1n) is 9.80. The molecular weight excluding hydrogens is 467 g/mol. The molecule has 0 aliphatic carbocycles. The van der Waals surface area contributed by atoms with Crippen LogP contribution in [0, 0.1) is 0 Å². The number of carbonyl (C=O) groups is 1. The Morgan fingerprint density at radius 1 is 1.06 bits per heavy atom. The molecule has 1 N–H and O–H groups in total. The lowest BCUT2D eigenvalue weighted by Crippen LogP contribution is -2.21. The molecule has 4 aromatic rings. The maximum atomic E-state index is 12.4. The molecule has 0 fully saturated rings. The zero-order chi connectivity index (χ0) is 22.8. The summed E-state index contributed by atoms with van der Waals surface area (Å²) >= 11 is 13.4. The molecule has 1 amide bonds. The van der Waals surface area contributed by atoms with E-state index in [1.807, 2.05) is 48.0 Å². The summed E-state index contributed by atoms with van der Waals surface area (Å²) in [6.45, 7) is 0. The smallest absolute Gasteiger partial charge is 0.274 e. The topological polar surface area (TPSA) is 68.9 Å². The van der Waals surface area contributed by atoms with Crippen LogP contribution in [0.4, 0.5) is 5.69 Å². The number of aryl methyl sites for hydroxylation is 1. The summed E-state index contributed by atoms with van der Waals surface area (Å²) in [5.41, 5.74) is 2.28. The molecule has 0 unspecified atom stereocenters. The van der Waals surface area contributed by atoms with E-state index in [0.717, 1.165) is 21.8 Å². The van der Waals surface area contributed by atoms with Crippen LogP contribution >= 0.6 is 35.0 Å². The van der Waals surface area contributed by atoms with E-state index in [9.17, 15) is 9.59 Å². The van der Waals surface area contributed by atoms with Gasteiger partial charge in [-0.15, -0.1) is 0 Å². The van der Waals surface area contributed by atoms with Crippen LogP contribution in [0.25, 0.3) is 10.8 Å². The van der Waals surface area contributed by atoms with Gasteiger partial charge in [0.25, 0.3) is 5.56 Å². The summed E-state index contributed by atoms with van der Waals surface area (Å²) in [4.78, 5) is 24.7. The lowest BCUT2D eigenvalue weighted by molar-refractivity contribution is -0.113. The molecule has 2 aromatic carbocycles. The Morgan fingerprint density at radius 3 is 2.56 bits per heavy atom. The molecule has 2 heterocycles. The molecule has 0 spiro atoms. The average Bonchev–Trinajstić information content (AvgIpc) is 3.11. The SMILES string of the molecule is Cn1c(Cc2nn(C)c(=O)c3ccccc23)ccc1SCC(=O)Nc1ccc(Cl)cc1Cl. The van der Waals surface area contributed by atoms with Crippen molar-refractivity contribution < 1.29 is 4.79 Å². The van der Waals surface area contributed by atoms with Crippen molar-refractivity contribution >= 4 is 57.3 Å². The van der Waals surface area contributed by atoms with Gasteiger partial charge >= 0.3 is 0 Å². The molecule has 0 radical (unpaired) electrons. The van der Waals surface area contributed by atoms with Gasteiger partial charge in [-0.1, -0.05) is 53.2 Å². The molecule has 164 valence electrons. The van der Waals surface area contributed by atoms with Crippen LogP contribution in [-0.4, -0.2) is 26.0 Å². The zero-order valence-electron chi connectivity index (χ0n) is 17.4. The molecule has 6 nitrogen and oxygen atoms in total. The second-order valence-corrected chi connectivity index (χ2v) is 9.12. The van der Waals surface area contributed by atoms with E-state index in [1.165, 1.54) is 16.4 Å². The second kappa shape index (κ2) is 9.40. The van der Waals surface area contributed by atoms with Crippen LogP contribution in [-0.2, 0) is 25.3 Å². The number of rotatable bonds is 6. The fourth-order valence-electron chi connectivity index (χ4n) is 3.45. The predicted octanol–water partition coefficient (Wildman–Crippen LogP) is 4.90. The molecule has 0 atom stereocenters. The van der Waals surface area contributed by atoms with E-state index in [4.69, 9.17) is 23.2 Å². The van der Waals surface area contributed by atoms with Crippen molar-refractivity contribution in [3.8, 4) is 0 Å². The Labute approximate surface area is 199 Å². The number of nitrogens with one attached hydrogen (secondary N) is 1. The number of amides is 1.